The molecule has 7 heteroatoms. The van der Waals surface area contributed by atoms with Gasteiger partial charge >= 0.3 is 20.0 Å². The molecule has 0 aliphatic carbocycles. The van der Waals surface area contributed by atoms with Crippen LogP contribution in [0.2, 0.25) is 0 Å². The van der Waals surface area contributed by atoms with Crippen molar-refractivity contribution in [2.24, 2.45) is 5.92 Å². The van der Waals surface area contributed by atoms with Gasteiger partial charge < -0.3 is 9.47 Å². The third-order valence-corrected chi connectivity index (χ3v) is 6.24. The second-order valence-electron chi connectivity index (χ2n) is 7.75. The van der Waals surface area contributed by atoms with Gasteiger partial charge in [0.2, 0.25) is 0 Å². The molecule has 0 aromatic heterocycles. The first-order valence-corrected chi connectivity index (χ1v) is 12.5. The van der Waals surface area contributed by atoms with Gasteiger partial charge in [-0.15, -0.1) is 4.52 Å². The van der Waals surface area contributed by atoms with Gasteiger partial charge in [-0.25, -0.2) is 0 Å². The number of carbonyl (C=O) groups is 2. The first-order chi connectivity index (χ1) is 16.6. The van der Waals surface area contributed by atoms with E-state index in [1.165, 1.54) is 0 Å². The fourth-order valence-electron chi connectivity index (χ4n) is 3.19. The Bertz CT molecular complexity index is 1040. The van der Waals surface area contributed by atoms with E-state index in [0.717, 1.165) is 16.7 Å². The van der Waals surface area contributed by atoms with Crippen molar-refractivity contribution in [1.82, 2.24) is 0 Å². The summed E-state index contributed by atoms with van der Waals surface area (Å²) in [5.74, 6) is -1.68. The van der Waals surface area contributed by atoms with Crippen LogP contribution in [0.5, 0.6) is 0 Å². The molecule has 2 unspecified atom stereocenters. The molecule has 0 N–H and O–H groups in total. The Labute approximate surface area is 200 Å². The van der Waals surface area contributed by atoms with E-state index in [1.807, 2.05) is 91.0 Å². The molecule has 0 fully saturated rings. The molecule has 3 aromatic carbocycles. The van der Waals surface area contributed by atoms with E-state index in [4.69, 9.17) is 14.0 Å². The SMILES string of the molecule is O=C(CCC(C[P+](=O)OCc1ccccc1)C(=O)OCc1ccccc1)OCc1ccccc1. The topological polar surface area (TPSA) is 78.9 Å². The molecule has 2 atom stereocenters. The van der Waals surface area contributed by atoms with Crippen LogP contribution in [-0.4, -0.2) is 18.1 Å². The smallest absolute Gasteiger partial charge is 0.461 e. The number of rotatable bonds is 13. The molecule has 6 nitrogen and oxygen atoms in total. The summed E-state index contributed by atoms with van der Waals surface area (Å²) in [5.41, 5.74) is 2.62. The zero-order chi connectivity index (χ0) is 24.0. The Hall–Kier alpha value is -3.34. The largest absolute Gasteiger partial charge is 0.509 e. The zero-order valence-corrected chi connectivity index (χ0v) is 19.8. The molecule has 0 radical (unpaired) electrons. The molecule has 0 heterocycles. The van der Waals surface area contributed by atoms with Gasteiger partial charge in [-0.05, 0) is 27.7 Å². The number of carbonyl (C=O) groups excluding carboxylic acids is 2. The minimum absolute atomic E-state index is 0.0137. The van der Waals surface area contributed by atoms with Crippen LogP contribution < -0.4 is 0 Å². The van der Waals surface area contributed by atoms with Crippen LogP contribution >= 0.6 is 8.03 Å². The second-order valence-corrected chi connectivity index (χ2v) is 9.04. The molecule has 176 valence electrons. The summed E-state index contributed by atoms with van der Waals surface area (Å²) >= 11 is 0. The number of benzene rings is 3. The standard InChI is InChI=1S/C27H28O6P/c28-26(31-18-22-10-4-1-5-11-22)17-16-25(27(29)32-19-23-12-6-2-7-13-23)21-34(30)33-20-24-14-8-3-9-15-24/h1-15,25H,16-21H2/q+1. The highest BCUT2D eigenvalue weighted by molar-refractivity contribution is 7.39. The zero-order valence-electron chi connectivity index (χ0n) is 18.9. The van der Waals surface area contributed by atoms with Gasteiger partial charge in [-0.3, -0.25) is 9.59 Å². The second kappa shape index (κ2) is 14.0. The molecule has 0 amide bonds. The third-order valence-electron chi connectivity index (χ3n) is 5.08. The average molecular weight is 479 g/mol. The van der Waals surface area contributed by atoms with E-state index in [-0.39, 0.29) is 38.8 Å². The Kier molecular flexibility index (Phi) is 10.4. The van der Waals surface area contributed by atoms with Crippen LogP contribution in [0, 0.1) is 5.92 Å². The Morgan fingerprint density at radius 2 is 1.15 bits per heavy atom. The molecular formula is C27H28O6P+. The van der Waals surface area contributed by atoms with Crippen molar-refractivity contribution >= 4 is 20.0 Å². The van der Waals surface area contributed by atoms with Crippen LogP contribution in [0.15, 0.2) is 91.0 Å². The van der Waals surface area contributed by atoms with Crippen molar-refractivity contribution in [2.75, 3.05) is 6.16 Å². The fraction of sp³-hybridized carbons (Fsp3) is 0.259. The van der Waals surface area contributed by atoms with Crippen molar-refractivity contribution in [3.63, 3.8) is 0 Å². The lowest BCUT2D eigenvalue weighted by molar-refractivity contribution is -0.150. The minimum Gasteiger partial charge on any atom is -0.461 e. The van der Waals surface area contributed by atoms with Crippen molar-refractivity contribution in [1.29, 1.82) is 0 Å². The minimum atomic E-state index is -2.12. The van der Waals surface area contributed by atoms with Gasteiger partial charge in [0.15, 0.2) is 6.16 Å². The van der Waals surface area contributed by atoms with Gasteiger partial charge in [-0.2, -0.15) is 0 Å². The summed E-state index contributed by atoms with van der Waals surface area (Å²) in [4.78, 5) is 25.0. The van der Waals surface area contributed by atoms with Crippen molar-refractivity contribution in [3.8, 4) is 0 Å². The highest BCUT2D eigenvalue weighted by Crippen LogP contribution is 2.30. The van der Waals surface area contributed by atoms with E-state index < -0.39 is 25.9 Å². The lowest BCUT2D eigenvalue weighted by Crippen LogP contribution is -2.22. The maximum Gasteiger partial charge on any atom is 0.509 e. The molecule has 34 heavy (non-hydrogen) atoms. The molecule has 0 saturated heterocycles. The van der Waals surface area contributed by atoms with Gasteiger partial charge in [0.1, 0.15) is 25.7 Å². The van der Waals surface area contributed by atoms with Crippen LogP contribution in [0.3, 0.4) is 0 Å². The van der Waals surface area contributed by atoms with Crippen LogP contribution in [0.25, 0.3) is 0 Å². The summed E-state index contributed by atoms with van der Waals surface area (Å²) in [6.07, 6.45) is 0.151. The quantitative estimate of drug-likeness (QED) is 0.227. The van der Waals surface area contributed by atoms with Crippen molar-refractivity contribution in [3.05, 3.63) is 108 Å². The van der Waals surface area contributed by atoms with Crippen LogP contribution in [0.1, 0.15) is 29.5 Å². The summed E-state index contributed by atoms with van der Waals surface area (Å²) in [6, 6.07) is 28.0. The molecule has 0 bridgehead atoms. The normalized spacial score (nSPS) is 11.9. The Morgan fingerprint density at radius 1 is 0.676 bits per heavy atom. The monoisotopic (exact) mass is 479 g/mol. The summed E-state index contributed by atoms with van der Waals surface area (Å²) in [7, 11) is -2.12. The van der Waals surface area contributed by atoms with Crippen molar-refractivity contribution in [2.45, 2.75) is 32.7 Å². The average Bonchev–Trinajstić information content (AvgIpc) is 2.89. The van der Waals surface area contributed by atoms with E-state index in [2.05, 4.69) is 0 Å². The fourth-order valence-corrected chi connectivity index (χ4v) is 4.28. The van der Waals surface area contributed by atoms with Crippen LogP contribution in [-0.2, 0) is 48.0 Å². The lowest BCUT2D eigenvalue weighted by Gasteiger charge is -2.12. The number of hydrogen-bond donors (Lipinski definition) is 0. The number of hydrogen-bond acceptors (Lipinski definition) is 6. The van der Waals surface area contributed by atoms with E-state index in [1.54, 1.807) is 0 Å². The van der Waals surface area contributed by atoms with E-state index in [0.29, 0.717) is 0 Å². The maximum atomic E-state index is 12.8. The molecule has 3 rings (SSSR count). The van der Waals surface area contributed by atoms with Gasteiger partial charge in [0, 0.05) is 6.42 Å². The predicted molar refractivity (Wildman–Crippen MR) is 129 cm³/mol. The molecule has 3 aromatic rings. The maximum absolute atomic E-state index is 12.8. The molecule has 0 aliphatic heterocycles. The van der Waals surface area contributed by atoms with E-state index >= 15 is 0 Å². The summed E-state index contributed by atoms with van der Waals surface area (Å²) in [5, 5.41) is 0. The van der Waals surface area contributed by atoms with Crippen molar-refractivity contribution < 1.29 is 28.2 Å². The Balaban J connectivity index is 1.52. The summed E-state index contributed by atoms with van der Waals surface area (Å²) < 4.78 is 28.8. The molecule has 0 saturated carbocycles. The third kappa shape index (κ3) is 9.26. The summed E-state index contributed by atoms with van der Waals surface area (Å²) in [6.45, 7) is 0.453. The van der Waals surface area contributed by atoms with Gasteiger partial charge in [-0.1, -0.05) is 91.0 Å². The predicted octanol–water partition coefficient (Wildman–Crippen LogP) is 5.83. The molecule has 0 spiro atoms. The van der Waals surface area contributed by atoms with E-state index in [9.17, 15) is 14.2 Å². The highest BCUT2D eigenvalue weighted by atomic mass is 31.1. The number of esters is 2. The first kappa shape index (κ1) is 25.3. The first-order valence-electron chi connectivity index (χ1n) is 11.1. The highest BCUT2D eigenvalue weighted by Gasteiger charge is 2.32. The molecular weight excluding hydrogens is 451 g/mol. The number of ether oxygens (including phenoxy) is 2. The van der Waals surface area contributed by atoms with Gasteiger partial charge in [0.25, 0.3) is 0 Å². The Morgan fingerprint density at radius 3 is 1.68 bits per heavy atom. The lowest BCUT2D eigenvalue weighted by atomic mass is 10.1. The van der Waals surface area contributed by atoms with Gasteiger partial charge in [0.05, 0.1) is 0 Å². The van der Waals surface area contributed by atoms with Crippen LogP contribution in [0.4, 0.5) is 0 Å². The molecule has 0 aliphatic rings.